The van der Waals surface area contributed by atoms with Gasteiger partial charge in [0.2, 0.25) is 5.91 Å². The number of carbonyl (C=O) groups is 2. The minimum atomic E-state index is -0.386. The topological polar surface area (TPSA) is 93.1 Å². The van der Waals surface area contributed by atoms with Gasteiger partial charge in [-0.2, -0.15) is 0 Å². The molecule has 5 saturated carbocycles. The molecular weight excluding hydrogens is 424 g/mol. The number of rotatable bonds is 5. The molecule has 1 heterocycles. The molecule has 0 spiro atoms. The van der Waals surface area contributed by atoms with Gasteiger partial charge in [0.15, 0.2) is 5.16 Å². The van der Waals surface area contributed by atoms with Gasteiger partial charge >= 0.3 is 6.03 Å². The molecule has 8 heteroatoms. The van der Waals surface area contributed by atoms with Gasteiger partial charge in [0, 0.05) is 11.6 Å². The number of hydrogen-bond acceptors (Lipinski definition) is 5. The summed E-state index contributed by atoms with van der Waals surface area (Å²) in [5.41, 5.74) is 0.455. The first-order valence-electron chi connectivity index (χ1n) is 11.7. The van der Waals surface area contributed by atoms with Gasteiger partial charge in [-0.1, -0.05) is 23.9 Å². The zero-order valence-electron chi connectivity index (χ0n) is 18.0. The van der Waals surface area contributed by atoms with Crippen molar-refractivity contribution in [3.63, 3.8) is 0 Å². The van der Waals surface area contributed by atoms with Crippen LogP contribution in [0.1, 0.15) is 57.4 Å². The number of para-hydroxylation sites is 1. The Morgan fingerprint density at radius 2 is 1.72 bits per heavy atom. The number of thioether (sulfide) groups is 1. The van der Waals surface area contributed by atoms with E-state index >= 15 is 0 Å². The molecule has 32 heavy (non-hydrogen) atoms. The molecule has 2 aromatic rings. The van der Waals surface area contributed by atoms with Gasteiger partial charge in [-0.05, 0) is 81.3 Å². The highest BCUT2D eigenvalue weighted by molar-refractivity contribution is 7.99. The van der Waals surface area contributed by atoms with Crippen LogP contribution in [0.4, 0.5) is 4.79 Å². The van der Waals surface area contributed by atoms with E-state index in [0.29, 0.717) is 16.1 Å². The van der Waals surface area contributed by atoms with E-state index in [1.807, 2.05) is 18.2 Å². The lowest BCUT2D eigenvalue weighted by Gasteiger charge is -2.56. The largest absolute Gasteiger partial charge is 0.332 e. The summed E-state index contributed by atoms with van der Waals surface area (Å²) < 4.78 is 1.72. The summed E-state index contributed by atoms with van der Waals surface area (Å²) in [6, 6.07) is 7.07. The molecule has 0 aliphatic heterocycles. The fourth-order valence-corrected chi connectivity index (χ4v) is 7.58. The molecular formula is C24H28N4O3S. The van der Waals surface area contributed by atoms with E-state index in [-0.39, 0.29) is 34.8 Å². The first kappa shape index (κ1) is 20.3. The second kappa shape index (κ2) is 7.61. The van der Waals surface area contributed by atoms with Crippen LogP contribution in [0.3, 0.4) is 0 Å². The highest BCUT2D eigenvalue weighted by Crippen LogP contribution is 2.55. The smallest absolute Gasteiger partial charge is 0.321 e. The number of aromatic nitrogens is 2. The summed E-state index contributed by atoms with van der Waals surface area (Å²) in [6.45, 7) is 0. The maximum Gasteiger partial charge on any atom is 0.321 e. The molecule has 2 N–H and O–H groups in total. The van der Waals surface area contributed by atoms with Crippen LogP contribution in [-0.2, 0) is 4.79 Å². The first-order valence-corrected chi connectivity index (χ1v) is 12.7. The summed E-state index contributed by atoms with van der Waals surface area (Å²) in [6.07, 6.45) is 8.96. The van der Waals surface area contributed by atoms with Gasteiger partial charge in [0.1, 0.15) is 0 Å². The number of nitrogens with zero attached hydrogens (tertiary/aromatic N) is 2. The molecule has 0 unspecified atom stereocenters. The van der Waals surface area contributed by atoms with E-state index in [1.54, 1.807) is 10.6 Å². The highest BCUT2D eigenvalue weighted by Gasteiger charge is 2.51. The Kier molecular flexibility index (Phi) is 4.82. The molecule has 5 fully saturated rings. The van der Waals surface area contributed by atoms with Crippen molar-refractivity contribution in [3.8, 4) is 0 Å². The standard InChI is InChI=1S/C24H28N4O3S/c29-20(26-22(31)27-24-10-14-7-15(11-24)9-16(8-14)12-24)13-32-23-25-19-4-2-1-3-18(19)21(30)28(23)17-5-6-17/h1-4,14-17H,5-13H2,(H2,26,27,29,31). The van der Waals surface area contributed by atoms with Crippen LogP contribution < -0.4 is 16.2 Å². The van der Waals surface area contributed by atoms with E-state index in [9.17, 15) is 14.4 Å². The van der Waals surface area contributed by atoms with Gasteiger partial charge in [-0.15, -0.1) is 0 Å². The van der Waals surface area contributed by atoms with Crippen molar-refractivity contribution < 1.29 is 9.59 Å². The van der Waals surface area contributed by atoms with Crippen molar-refractivity contribution in [2.45, 2.75) is 68.1 Å². The van der Waals surface area contributed by atoms with Crippen molar-refractivity contribution in [1.82, 2.24) is 20.2 Å². The Labute approximate surface area is 190 Å². The Bertz CT molecular complexity index is 1120. The molecule has 1 aromatic carbocycles. The third kappa shape index (κ3) is 3.72. The number of imide groups is 1. The number of hydrogen-bond donors (Lipinski definition) is 2. The molecule has 0 atom stereocenters. The van der Waals surface area contributed by atoms with E-state index in [0.717, 1.165) is 49.9 Å². The lowest BCUT2D eigenvalue weighted by Crippen LogP contribution is -2.61. The monoisotopic (exact) mass is 452 g/mol. The molecule has 4 bridgehead atoms. The Balaban J connectivity index is 1.11. The van der Waals surface area contributed by atoms with Crippen LogP contribution in [0.15, 0.2) is 34.2 Å². The molecule has 3 amide bonds. The van der Waals surface area contributed by atoms with Crippen LogP contribution in [0, 0.1) is 17.8 Å². The minimum absolute atomic E-state index is 0.0474. The third-order valence-corrected chi connectivity index (χ3v) is 8.64. The molecule has 0 radical (unpaired) electrons. The van der Waals surface area contributed by atoms with Gasteiger partial charge in [-0.25, -0.2) is 9.78 Å². The quantitative estimate of drug-likeness (QED) is 0.534. The second-order valence-corrected chi connectivity index (χ2v) is 11.2. The Hall–Kier alpha value is -2.35. The third-order valence-electron chi connectivity index (χ3n) is 7.69. The number of urea groups is 1. The van der Waals surface area contributed by atoms with E-state index in [2.05, 4.69) is 15.6 Å². The number of amides is 3. The molecule has 5 aliphatic rings. The maximum absolute atomic E-state index is 13.0. The van der Waals surface area contributed by atoms with E-state index < -0.39 is 0 Å². The summed E-state index contributed by atoms with van der Waals surface area (Å²) in [5.74, 6) is 1.87. The van der Waals surface area contributed by atoms with Gasteiger partial charge in [0.05, 0.1) is 16.7 Å². The van der Waals surface area contributed by atoms with Crippen LogP contribution >= 0.6 is 11.8 Å². The van der Waals surface area contributed by atoms with Crippen molar-refractivity contribution in [2.75, 3.05) is 5.75 Å². The fraction of sp³-hybridized carbons (Fsp3) is 0.583. The number of carbonyl (C=O) groups excluding carboxylic acids is 2. The Morgan fingerprint density at radius 3 is 2.38 bits per heavy atom. The molecule has 0 saturated heterocycles. The lowest BCUT2D eigenvalue weighted by molar-refractivity contribution is -0.117. The van der Waals surface area contributed by atoms with Crippen molar-refractivity contribution >= 4 is 34.6 Å². The SMILES string of the molecule is O=C(CSc1nc2ccccc2c(=O)n1C1CC1)NC(=O)NC12CC3CC(CC(C3)C1)C2. The van der Waals surface area contributed by atoms with Crippen LogP contribution in [0.5, 0.6) is 0 Å². The van der Waals surface area contributed by atoms with Crippen molar-refractivity contribution in [2.24, 2.45) is 17.8 Å². The molecule has 168 valence electrons. The van der Waals surface area contributed by atoms with Crippen molar-refractivity contribution in [3.05, 3.63) is 34.6 Å². The second-order valence-electron chi connectivity index (χ2n) is 10.3. The van der Waals surface area contributed by atoms with Crippen LogP contribution in [-0.4, -0.2) is 32.8 Å². The summed E-state index contributed by atoms with van der Waals surface area (Å²) in [7, 11) is 0. The number of nitrogens with one attached hydrogen (secondary N) is 2. The van der Waals surface area contributed by atoms with Gasteiger partial charge < -0.3 is 5.32 Å². The van der Waals surface area contributed by atoms with E-state index in [4.69, 9.17) is 0 Å². The van der Waals surface area contributed by atoms with Crippen molar-refractivity contribution in [1.29, 1.82) is 0 Å². The minimum Gasteiger partial charge on any atom is -0.332 e. The maximum atomic E-state index is 13.0. The molecule has 5 aliphatic carbocycles. The van der Waals surface area contributed by atoms with Gasteiger partial charge in [0.25, 0.3) is 5.56 Å². The fourth-order valence-electron chi connectivity index (χ4n) is 6.71. The van der Waals surface area contributed by atoms with Crippen LogP contribution in [0.25, 0.3) is 10.9 Å². The normalized spacial score (nSPS) is 30.4. The highest BCUT2D eigenvalue weighted by atomic mass is 32.2. The number of fused-ring (bicyclic) bond motifs is 1. The number of benzene rings is 1. The molecule has 7 nitrogen and oxygen atoms in total. The zero-order chi connectivity index (χ0) is 21.9. The predicted molar refractivity (Wildman–Crippen MR) is 123 cm³/mol. The van der Waals surface area contributed by atoms with Gasteiger partial charge in [-0.3, -0.25) is 19.5 Å². The Morgan fingerprint density at radius 1 is 1.06 bits per heavy atom. The van der Waals surface area contributed by atoms with E-state index in [1.165, 1.54) is 31.0 Å². The lowest BCUT2D eigenvalue weighted by atomic mass is 9.53. The first-order chi connectivity index (χ1) is 15.5. The van der Waals surface area contributed by atoms with Crippen LogP contribution in [0.2, 0.25) is 0 Å². The average Bonchev–Trinajstić information content (AvgIpc) is 3.56. The molecule has 1 aromatic heterocycles. The predicted octanol–water partition coefficient (Wildman–Crippen LogP) is 3.62. The summed E-state index contributed by atoms with van der Waals surface area (Å²) >= 11 is 1.22. The average molecular weight is 453 g/mol. The summed E-state index contributed by atoms with van der Waals surface area (Å²) in [5, 5.41) is 6.84. The zero-order valence-corrected chi connectivity index (χ0v) is 18.8. The molecule has 7 rings (SSSR count). The summed E-state index contributed by atoms with van der Waals surface area (Å²) in [4.78, 5) is 42.8.